The van der Waals surface area contributed by atoms with E-state index in [2.05, 4.69) is 38.4 Å². The molecule has 0 atom stereocenters. The minimum atomic E-state index is -0.509. The highest BCUT2D eigenvalue weighted by atomic mass is 35.5. The molecule has 4 aromatic carbocycles. The third-order valence-electron chi connectivity index (χ3n) is 10.9. The van der Waals surface area contributed by atoms with Crippen LogP contribution in [-0.4, -0.2) is 62.7 Å². The average molecular weight is 905 g/mol. The van der Waals surface area contributed by atoms with Crippen LogP contribution in [0.5, 0.6) is 23.0 Å². The monoisotopic (exact) mass is 904 g/mol. The summed E-state index contributed by atoms with van der Waals surface area (Å²) in [5.74, 6) is 3.71. The SMILES string of the molecule is C.C=CC(=O)Cl.C=CC(=O)NC1CC(n2nc(-c3ccc(Oc4ccccc4)cc3)c3c(N)ncnc32)C1.Nc1ncnc2c1c(-c1ccc(Oc3ccccc3)cc1)nn2C1CC(N)C1. The number of nitrogens with zero attached hydrogens (tertiary/aromatic N) is 8. The Bertz CT molecular complexity index is 2950. The summed E-state index contributed by atoms with van der Waals surface area (Å²) < 4.78 is 15.6. The highest BCUT2D eigenvalue weighted by molar-refractivity contribution is 6.66. The van der Waals surface area contributed by atoms with Gasteiger partial charge in [-0.25, -0.2) is 29.3 Å². The molecule has 17 heteroatoms. The smallest absolute Gasteiger partial charge is 0.244 e. The number of carbonyl (C=O) groups excluding carboxylic acids is 2. The second-order valence-electron chi connectivity index (χ2n) is 15.3. The van der Waals surface area contributed by atoms with Gasteiger partial charge in [0.05, 0.1) is 22.9 Å². The van der Waals surface area contributed by atoms with Crippen LogP contribution < -0.4 is 32.0 Å². The van der Waals surface area contributed by atoms with Crippen LogP contribution in [0, 0.1) is 0 Å². The number of amides is 1. The Hall–Kier alpha value is -7.95. The Balaban J connectivity index is 0.000000177. The lowest BCUT2D eigenvalue weighted by Gasteiger charge is -2.35. The van der Waals surface area contributed by atoms with Crippen molar-refractivity contribution < 1.29 is 19.1 Å². The van der Waals surface area contributed by atoms with E-state index in [4.69, 9.17) is 48.5 Å². The molecule has 2 fully saturated rings. The minimum Gasteiger partial charge on any atom is -0.457 e. The maximum atomic E-state index is 11.5. The van der Waals surface area contributed by atoms with Gasteiger partial charge in [0.1, 0.15) is 58.7 Å². The Morgan fingerprint density at radius 1 is 0.621 bits per heavy atom. The number of hydrogen-bond acceptors (Lipinski definition) is 13. The number of nitrogen functional groups attached to an aromatic ring is 2. The summed E-state index contributed by atoms with van der Waals surface area (Å²) in [5, 5.41) is 13.6. The van der Waals surface area contributed by atoms with Gasteiger partial charge >= 0.3 is 0 Å². The van der Waals surface area contributed by atoms with Gasteiger partial charge in [-0.2, -0.15) is 10.2 Å². The van der Waals surface area contributed by atoms with Crippen LogP contribution in [0.1, 0.15) is 45.2 Å². The van der Waals surface area contributed by atoms with E-state index in [1.165, 1.54) is 18.7 Å². The summed E-state index contributed by atoms with van der Waals surface area (Å²) in [7, 11) is 0. The normalized spacial score (nSPS) is 16.9. The molecule has 0 aliphatic heterocycles. The van der Waals surface area contributed by atoms with Crippen molar-refractivity contribution in [1.29, 1.82) is 0 Å². The van der Waals surface area contributed by atoms with Gasteiger partial charge in [0, 0.05) is 23.2 Å². The predicted octanol–water partition coefficient (Wildman–Crippen LogP) is 8.98. The number of carbonyl (C=O) groups is 2. The zero-order valence-corrected chi connectivity index (χ0v) is 35.8. The summed E-state index contributed by atoms with van der Waals surface area (Å²) in [6.45, 7) is 6.58. The van der Waals surface area contributed by atoms with E-state index in [0.29, 0.717) is 17.3 Å². The van der Waals surface area contributed by atoms with E-state index in [-0.39, 0.29) is 37.5 Å². The number of allylic oxidation sites excluding steroid dienone is 1. The van der Waals surface area contributed by atoms with Crippen molar-refractivity contribution in [3.63, 3.8) is 0 Å². The Labute approximate surface area is 386 Å². The molecule has 4 aromatic heterocycles. The topological polar surface area (TPSA) is 230 Å². The molecule has 16 nitrogen and oxygen atoms in total. The Morgan fingerprint density at radius 3 is 1.39 bits per heavy atom. The van der Waals surface area contributed by atoms with Gasteiger partial charge in [0.15, 0.2) is 11.3 Å². The van der Waals surface area contributed by atoms with Gasteiger partial charge in [0.2, 0.25) is 11.1 Å². The fourth-order valence-corrected chi connectivity index (χ4v) is 7.51. The van der Waals surface area contributed by atoms with Gasteiger partial charge in [-0.3, -0.25) is 9.59 Å². The highest BCUT2D eigenvalue weighted by Crippen LogP contribution is 2.40. The molecule has 2 aliphatic rings. The molecule has 0 unspecified atom stereocenters. The van der Waals surface area contributed by atoms with E-state index >= 15 is 0 Å². The molecule has 0 spiro atoms. The standard InChI is InChI=1S/C24H22N6O2.C21H20N6O.C3H3ClO.CH4/c1-2-20(31)28-16-12-17(13-16)30-24-21(23(25)26-14-27-24)22(29-30)15-8-10-19(11-9-15)32-18-6-4-3-5-7-18;22-14-10-15(11-14)27-21-18(20(23)24-12-25-21)19(26-27)13-6-8-17(9-7-13)28-16-4-2-1-3-5-16;1-2-3(4)5;/h2-11,14,16-17H,1,12-13H2,(H,28,31)(H2,25,26,27);1-9,12,14-15H,10-11,22H2,(H2,23,24,25);2H,1H2;1H4. The molecule has 0 radical (unpaired) electrons. The molecule has 1 amide bonds. The first-order valence-corrected chi connectivity index (χ1v) is 21.1. The molecule has 10 rings (SSSR count). The summed E-state index contributed by atoms with van der Waals surface area (Å²) in [6.07, 6.45) is 8.58. The third kappa shape index (κ3) is 10.4. The van der Waals surface area contributed by atoms with Crippen molar-refractivity contribution in [2.75, 3.05) is 11.5 Å². The summed E-state index contributed by atoms with van der Waals surface area (Å²) in [5.41, 5.74) is 23.1. The van der Waals surface area contributed by atoms with Gasteiger partial charge in [-0.05, 0) is 122 Å². The molecule has 66 heavy (non-hydrogen) atoms. The fourth-order valence-electron chi connectivity index (χ4n) is 7.51. The number of rotatable bonds is 11. The first-order chi connectivity index (χ1) is 31.6. The maximum absolute atomic E-state index is 11.5. The van der Waals surface area contributed by atoms with Crippen LogP contribution in [0.4, 0.5) is 11.6 Å². The van der Waals surface area contributed by atoms with Crippen molar-refractivity contribution in [3.05, 3.63) is 147 Å². The second-order valence-corrected chi connectivity index (χ2v) is 15.7. The van der Waals surface area contributed by atoms with E-state index in [1.807, 2.05) is 119 Å². The van der Waals surface area contributed by atoms with Crippen LogP contribution in [0.15, 0.2) is 147 Å². The number of anilines is 2. The van der Waals surface area contributed by atoms with Gasteiger partial charge in [-0.15, -0.1) is 0 Å². The Morgan fingerprint density at radius 2 is 1.02 bits per heavy atom. The van der Waals surface area contributed by atoms with Crippen molar-refractivity contribution >= 4 is 56.5 Å². The lowest BCUT2D eigenvalue weighted by Crippen LogP contribution is -2.44. The number of ether oxygens (including phenoxy) is 2. The van der Waals surface area contributed by atoms with Gasteiger partial charge in [0.25, 0.3) is 0 Å². The summed E-state index contributed by atoms with van der Waals surface area (Å²) >= 11 is 4.71. The third-order valence-corrected chi connectivity index (χ3v) is 11.1. The number of nitrogens with two attached hydrogens (primary N) is 3. The maximum Gasteiger partial charge on any atom is 0.244 e. The number of para-hydroxylation sites is 2. The second kappa shape index (κ2) is 20.7. The lowest BCUT2D eigenvalue weighted by molar-refractivity contribution is -0.118. The number of benzene rings is 4. The predicted molar refractivity (Wildman–Crippen MR) is 258 cm³/mol. The molecule has 336 valence electrons. The van der Waals surface area contributed by atoms with E-state index in [1.54, 1.807) is 0 Å². The molecular weight excluding hydrogens is 856 g/mol. The number of halogens is 1. The molecule has 7 N–H and O–H groups in total. The van der Waals surface area contributed by atoms with E-state index in [0.717, 1.165) is 93.7 Å². The Kier molecular flexibility index (Phi) is 14.4. The number of aromatic nitrogens is 8. The quantitative estimate of drug-likeness (QED) is 0.0702. The van der Waals surface area contributed by atoms with E-state index in [9.17, 15) is 9.59 Å². The van der Waals surface area contributed by atoms with Crippen LogP contribution >= 0.6 is 11.6 Å². The van der Waals surface area contributed by atoms with Crippen LogP contribution in [0.2, 0.25) is 0 Å². The van der Waals surface area contributed by atoms with Crippen LogP contribution in [0.3, 0.4) is 0 Å². The van der Waals surface area contributed by atoms with Crippen molar-refractivity contribution in [1.82, 2.24) is 44.8 Å². The molecule has 0 bridgehead atoms. The molecule has 2 saturated carbocycles. The first-order valence-electron chi connectivity index (χ1n) is 20.7. The molecule has 2 aliphatic carbocycles. The molecule has 8 aromatic rings. The molecule has 0 saturated heterocycles. The first kappa shape index (κ1) is 46.1. The minimum absolute atomic E-state index is 0. The van der Waals surface area contributed by atoms with Crippen molar-refractivity contribution in [3.8, 4) is 45.5 Å². The van der Waals surface area contributed by atoms with Crippen LogP contribution in [0.25, 0.3) is 44.6 Å². The number of nitrogens with one attached hydrogen (secondary N) is 1. The van der Waals surface area contributed by atoms with Gasteiger partial charge < -0.3 is 32.0 Å². The summed E-state index contributed by atoms with van der Waals surface area (Å²) in [6, 6.07) is 35.5. The molecule has 4 heterocycles. The van der Waals surface area contributed by atoms with E-state index < -0.39 is 5.24 Å². The molecular formula is C49H49ClN12O4. The number of fused-ring (bicyclic) bond motifs is 2. The van der Waals surface area contributed by atoms with Crippen molar-refractivity contribution in [2.24, 2.45) is 5.73 Å². The van der Waals surface area contributed by atoms with Crippen LogP contribution in [-0.2, 0) is 9.59 Å². The fraction of sp³-hybridized carbons (Fsp3) is 0.184. The summed E-state index contributed by atoms with van der Waals surface area (Å²) in [4.78, 5) is 38.2. The number of hydrogen-bond donors (Lipinski definition) is 4. The largest absolute Gasteiger partial charge is 0.457 e. The average Bonchev–Trinajstić information content (AvgIpc) is 3.89. The lowest BCUT2D eigenvalue weighted by atomic mass is 9.87. The highest BCUT2D eigenvalue weighted by Gasteiger charge is 2.35. The zero-order valence-electron chi connectivity index (χ0n) is 35.1. The zero-order chi connectivity index (χ0) is 45.5. The van der Waals surface area contributed by atoms with Crippen molar-refractivity contribution in [2.45, 2.75) is 57.3 Å². The van der Waals surface area contributed by atoms with Gasteiger partial charge in [-0.1, -0.05) is 57.0 Å².